The molecule has 1 atom stereocenters. The number of Topliss-reactive ketones (excluding diaryl/α,β-unsaturated/α-hetero) is 1. The first kappa shape index (κ1) is 6.78. The largest absolute Gasteiger partial charge is 0.303 e. The smallest absolute Gasteiger partial charge is 0.198 e. The lowest BCUT2D eigenvalue weighted by molar-refractivity contribution is -0.113. The third kappa shape index (κ3) is 1.00. The summed E-state index contributed by atoms with van der Waals surface area (Å²) in [6, 6.07) is 0. The van der Waals surface area contributed by atoms with Crippen molar-refractivity contribution in [1.82, 2.24) is 0 Å². The summed E-state index contributed by atoms with van der Waals surface area (Å²) in [6.45, 7) is 0. The Hall–Kier alpha value is -0.340. The summed E-state index contributed by atoms with van der Waals surface area (Å²) < 4.78 is 0. The van der Waals surface area contributed by atoms with Crippen LogP contribution in [-0.2, 0) is 4.79 Å². The van der Waals surface area contributed by atoms with Crippen LogP contribution in [0.5, 0.6) is 0 Å². The second kappa shape index (κ2) is 2.12. The van der Waals surface area contributed by atoms with Gasteiger partial charge in [-0.1, -0.05) is 11.6 Å². The van der Waals surface area contributed by atoms with Gasteiger partial charge in [0.05, 0.1) is 10.7 Å². The van der Waals surface area contributed by atoms with E-state index in [9.17, 15) is 4.79 Å². The van der Waals surface area contributed by atoms with Crippen LogP contribution >= 0.6 is 23.2 Å². The number of rotatable bonds is 0. The number of hydrogen-bond donors (Lipinski definition) is 1. The molecule has 0 amide bonds. The Balaban J connectivity index is 2.95. The van der Waals surface area contributed by atoms with Crippen LogP contribution in [0.4, 0.5) is 0 Å². The maximum atomic E-state index is 10.6. The molecule has 1 N–H and O–H groups in total. The molecule has 48 valence electrons. The van der Waals surface area contributed by atoms with Crippen molar-refractivity contribution in [2.24, 2.45) is 0 Å². The van der Waals surface area contributed by atoms with E-state index in [4.69, 9.17) is 28.6 Å². The van der Waals surface area contributed by atoms with Crippen molar-refractivity contribution in [3.8, 4) is 0 Å². The summed E-state index contributed by atoms with van der Waals surface area (Å²) in [5, 5.41) is 6.21. The van der Waals surface area contributed by atoms with Crippen LogP contribution in [0, 0.1) is 5.41 Å². The third-order valence-corrected chi connectivity index (χ3v) is 1.75. The highest BCUT2D eigenvalue weighted by molar-refractivity contribution is 6.58. The summed E-state index contributed by atoms with van der Waals surface area (Å²) in [5.41, 5.74) is 0.0756. The Morgan fingerprint density at radius 3 is 2.33 bits per heavy atom. The number of nitrogens with one attached hydrogen (secondary N) is 1. The van der Waals surface area contributed by atoms with Gasteiger partial charge in [-0.2, -0.15) is 0 Å². The topological polar surface area (TPSA) is 40.9 Å². The van der Waals surface area contributed by atoms with Gasteiger partial charge in [0, 0.05) is 0 Å². The summed E-state index contributed by atoms with van der Waals surface area (Å²) in [7, 11) is 0. The van der Waals surface area contributed by atoms with Crippen molar-refractivity contribution < 1.29 is 4.79 Å². The average molecular weight is 164 g/mol. The number of carbonyl (C=O) groups is 1. The molecule has 0 saturated carbocycles. The van der Waals surface area contributed by atoms with E-state index in [1.807, 2.05) is 0 Å². The van der Waals surface area contributed by atoms with Crippen molar-refractivity contribution in [3.05, 3.63) is 11.1 Å². The van der Waals surface area contributed by atoms with Crippen molar-refractivity contribution >= 4 is 34.7 Å². The third-order valence-electron chi connectivity index (χ3n) is 1.02. The maximum Gasteiger partial charge on any atom is 0.198 e. The molecular weight excluding hydrogens is 161 g/mol. The van der Waals surface area contributed by atoms with Crippen LogP contribution in [0.15, 0.2) is 11.1 Å². The van der Waals surface area contributed by atoms with Gasteiger partial charge in [0.1, 0.15) is 5.38 Å². The number of allylic oxidation sites excluding steroid dienone is 2. The zero-order valence-electron chi connectivity index (χ0n) is 4.32. The molecule has 0 saturated heterocycles. The van der Waals surface area contributed by atoms with Gasteiger partial charge < -0.3 is 5.41 Å². The Labute approximate surface area is 62.0 Å². The second-order valence-corrected chi connectivity index (χ2v) is 2.52. The number of alkyl halides is 1. The lowest BCUT2D eigenvalue weighted by Crippen LogP contribution is -2.14. The zero-order chi connectivity index (χ0) is 7.02. The Morgan fingerprint density at radius 1 is 1.67 bits per heavy atom. The fraction of sp³-hybridized carbons (Fsp3) is 0.200. The summed E-state index contributed by atoms with van der Waals surface area (Å²) in [4.78, 5) is 10.6. The van der Waals surface area contributed by atoms with Crippen molar-refractivity contribution in [2.45, 2.75) is 5.38 Å². The molecular formula is C5H3Cl2NO. The van der Waals surface area contributed by atoms with Crippen molar-refractivity contribution in [1.29, 1.82) is 5.41 Å². The van der Waals surface area contributed by atoms with Gasteiger partial charge in [0.25, 0.3) is 0 Å². The highest BCUT2D eigenvalue weighted by atomic mass is 35.5. The zero-order valence-corrected chi connectivity index (χ0v) is 5.83. The van der Waals surface area contributed by atoms with E-state index >= 15 is 0 Å². The molecule has 9 heavy (non-hydrogen) atoms. The number of hydrogen-bond acceptors (Lipinski definition) is 2. The number of ketones is 1. The van der Waals surface area contributed by atoms with Crippen molar-refractivity contribution in [3.63, 3.8) is 0 Å². The van der Waals surface area contributed by atoms with E-state index in [0.29, 0.717) is 0 Å². The average Bonchev–Trinajstić information content (AvgIpc) is 1.98. The predicted octanol–water partition coefficient (Wildman–Crippen LogP) is 1.32. The van der Waals surface area contributed by atoms with E-state index < -0.39 is 5.38 Å². The molecule has 0 aromatic rings. The van der Waals surface area contributed by atoms with Crippen LogP contribution in [-0.4, -0.2) is 16.9 Å². The van der Waals surface area contributed by atoms with Gasteiger partial charge in [-0.05, 0) is 6.08 Å². The highest BCUT2D eigenvalue weighted by Crippen LogP contribution is 2.19. The predicted molar refractivity (Wildman–Crippen MR) is 36.3 cm³/mol. The second-order valence-electron chi connectivity index (χ2n) is 1.67. The van der Waals surface area contributed by atoms with E-state index in [-0.39, 0.29) is 16.5 Å². The Morgan fingerprint density at radius 2 is 2.22 bits per heavy atom. The van der Waals surface area contributed by atoms with Crippen LogP contribution in [0.3, 0.4) is 0 Å². The molecule has 0 aliphatic heterocycles. The molecule has 1 aliphatic rings. The SMILES string of the molecule is N=C1C=C(Cl)C(=O)C1Cl. The minimum absolute atomic E-state index is 0.0556. The van der Waals surface area contributed by atoms with Gasteiger partial charge in [-0.15, -0.1) is 11.6 Å². The molecule has 0 spiro atoms. The monoisotopic (exact) mass is 163 g/mol. The van der Waals surface area contributed by atoms with Gasteiger partial charge in [0.2, 0.25) is 0 Å². The minimum atomic E-state index is -0.850. The molecule has 1 rings (SSSR count). The first-order valence-electron chi connectivity index (χ1n) is 2.27. The van der Waals surface area contributed by atoms with Gasteiger partial charge in [0.15, 0.2) is 5.78 Å². The number of halogens is 2. The minimum Gasteiger partial charge on any atom is -0.303 e. The van der Waals surface area contributed by atoms with Gasteiger partial charge in [-0.25, -0.2) is 0 Å². The molecule has 0 heterocycles. The highest BCUT2D eigenvalue weighted by Gasteiger charge is 2.28. The fourth-order valence-corrected chi connectivity index (χ4v) is 1.01. The normalized spacial score (nSPS) is 26.9. The molecule has 4 heteroatoms. The first-order chi connectivity index (χ1) is 4.13. The quantitative estimate of drug-likeness (QED) is 0.539. The van der Waals surface area contributed by atoms with E-state index in [1.54, 1.807) is 0 Å². The van der Waals surface area contributed by atoms with E-state index in [0.717, 1.165) is 0 Å². The van der Waals surface area contributed by atoms with Gasteiger partial charge >= 0.3 is 0 Å². The molecule has 2 nitrogen and oxygen atoms in total. The lowest BCUT2D eigenvalue weighted by atomic mass is 10.3. The molecule has 1 aliphatic carbocycles. The summed E-state index contributed by atoms with van der Waals surface area (Å²) in [6.07, 6.45) is 1.27. The lowest BCUT2D eigenvalue weighted by Gasteiger charge is -1.92. The Bertz CT molecular complexity index is 209. The van der Waals surface area contributed by atoms with Gasteiger partial charge in [-0.3, -0.25) is 4.79 Å². The first-order valence-corrected chi connectivity index (χ1v) is 3.08. The fourth-order valence-electron chi connectivity index (χ4n) is 0.543. The maximum absolute atomic E-state index is 10.6. The van der Waals surface area contributed by atoms with Crippen molar-refractivity contribution in [2.75, 3.05) is 0 Å². The molecule has 0 aromatic carbocycles. The summed E-state index contributed by atoms with van der Waals surface area (Å²) >= 11 is 10.7. The molecule has 0 aromatic heterocycles. The van der Waals surface area contributed by atoms with E-state index in [2.05, 4.69) is 0 Å². The van der Waals surface area contributed by atoms with Crippen LogP contribution < -0.4 is 0 Å². The number of carbonyl (C=O) groups excluding carboxylic acids is 1. The molecule has 1 unspecified atom stereocenters. The molecule has 0 radical (unpaired) electrons. The van der Waals surface area contributed by atoms with Crippen LogP contribution in [0.2, 0.25) is 0 Å². The summed E-state index contributed by atoms with van der Waals surface area (Å²) in [5.74, 6) is -0.372. The van der Waals surface area contributed by atoms with Crippen LogP contribution in [0.25, 0.3) is 0 Å². The Kier molecular flexibility index (Phi) is 1.60. The standard InChI is InChI=1S/C5H3Cl2NO/c6-2-1-3(8)4(7)5(2)9/h1,4,8H. The molecule has 0 fully saturated rings. The molecule has 0 bridgehead atoms. The van der Waals surface area contributed by atoms with Crippen LogP contribution in [0.1, 0.15) is 0 Å². The van der Waals surface area contributed by atoms with E-state index in [1.165, 1.54) is 6.08 Å².